The van der Waals surface area contributed by atoms with Crippen molar-refractivity contribution < 1.29 is 4.74 Å². The number of hydrogen-bond donors (Lipinski definition) is 0. The smallest absolute Gasteiger partial charge is 0.132 e. The van der Waals surface area contributed by atoms with Crippen LogP contribution in [0.5, 0.6) is 11.5 Å². The summed E-state index contributed by atoms with van der Waals surface area (Å²) in [5, 5.41) is 0. The third-order valence-corrected chi connectivity index (χ3v) is 12.1. The van der Waals surface area contributed by atoms with E-state index in [1.165, 1.54) is 83.5 Å². The van der Waals surface area contributed by atoms with Crippen LogP contribution in [0.15, 0.2) is 188 Å². The molecule has 3 aliphatic rings. The zero-order chi connectivity index (χ0) is 34.4. The molecule has 2 aliphatic carbocycles. The fraction of sp³-hybridized carbons (Fsp3) is 0.0588. The summed E-state index contributed by atoms with van der Waals surface area (Å²) in [5.41, 5.74) is 18.2. The van der Waals surface area contributed by atoms with Crippen LogP contribution >= 0.6 is 0 Å². The Bertz CT molecular complexity index is 2690. The van der Waals surface area contributed by atoms with E-state index in [4.69, 9.17) is 4.74 Å². The lowest BCUT2D eigenvalue weighted by Crippen LogP contribution is -2.32. The average molecular weight is 663 g/mol. The summed E-state index contributed by atoms with van der Waals surface area (Å²) in [4.78, 5) is 0. The Balaban J connectivity index is 1.12. The molecule has 8 aromatic carbocycles. The number of fused-ring (bicyclic) bond motifs is 12. The maximum absolute atomic E-state index is 6.75. The largest absolute Gasteiger partial charge is 0.457 e. The fourth-order valence-electron chi connectivity index (χ4n) is 9.75. The van der Waals surface area contributed by atoms with Gasteiger partial charge in [-0.05, 0) is 104 Å². The standard InChI is InChI=1S/C51H34O/c1-50(35-15-3-2-4-16-35)42-22-10-7-19-38(42)41-29-27-33(31-46(41)50)36-17-5-6-18-37(36)34-28-30-49-47(32-34)51(45-25-13-14-26-48(45)52-49)43-23-11-8-20-39(43)40-21-9-12-24-44(40)51/h2-32H,1H3. The van der Waals surface area contributed by atoms with E-state index < -0.39 is 5.41 Å². The predicted octanol–water partition coefficient (Wildman–Crippen LogP) is 12.8. The van der Waals surface area contributed by atoms with Crippen LogP contribution in [0.4, 0.5) is 0 Å². The normalized spacial score (nSPS) is 16.6. The minimum Gasteiger partial charge on any atom is -0.457 e. The molecule has 1 heteroatoms. The van der Waals surface area contributed by atoms with Gasteiger partial charge in [-0.25, -0.2) is 0 Å². The summed E-state index contributed by atoms with van der Waals surface area (Å²) in [7, 11) is 0. The van der Waals surface area contributed by atoms with Gasteiger partial charge in [0, 0.05) is 16.5 Å². The minimum absolute atomic E-state index is 0.260. The van der Waals surface area contributed by atoms with Crippen molar-refractivity contribution in [1.29, 1.82) is 0 Å². The van der Waals surface area contributed by atoms with Crippen molar-refractivity contribution in [2.45, 2.75) is 17.8 Å². The molecule has 1 unspecified atom stereocenters. The SMILES string of the molecule is CC1(c2ccccc2)c2ccccc2-c2ccc(-c3ccccc3-c3ccc4c(c3)C3(c5ccccc5O4)c4ccccc4-c4ccccc43)cc21. The molecule has 1 atom stereocenters. The molecule has 0 saturated heterocycles. The summed E-state index contributed by atoms with van der Waals surface area (Å²) in [6.07, 6.45) is 0. The molecule has 1 nitrogen and oxygen atoms in total. The molecule has 1 aliphatic heterocycles. The number of benzene rings is 8. The van der Waals surface area contributed by atoms with Crippen molar-refractivity contribution in [2.24, 2.45) is 0 Å². The third kappa shape index (κ3) is 3.78. The Labute approximate surface area is 304 Å². The first-order valence-electron chi connectivity index (χ1n) is 18.2. The molecule has 0 radical (unpaired) electrons. The second-order valence-electron chi connectivity index (χ2n) is 14.5. The lowest BCUT2D eigenvalue weighted by Gasteiger charge is -2.39. The van der Waals surface area contributed by atoms with E-state index in [1.54, 1.807) is 0 Å². The zero-order valence-electron chi connectivity index (χ0n) is 28.8. The highest BCUT2D eigenvalue weighted by Gasteiger charge is 2.51. The molecule has 52 heavy (non-hydrogen) atoms. The summed E-state index contributed by atoms with van der Waals surface area (Å²) < 4.78 is 6.75. The molecule has 1 heterocycles. The van der Waals surface area contributed by atoms with E-state index in [0.717, 1.165) is 11.5 Å². The fourth-order valence-corrected chi connectivity index (χ4v) is 9.75. The van der Waals surface area contributed by atoms with Gasteiger partial charge in [-0.2, -0.15) is 0 Å². The van der Waals surface area contributed by atoms with E-state index in [9.17, 15) is 0 Å². The minimum atomic E-state index is -0.501. The van der Waals surface area contributed by atoms with Gasteiger partial charge in [0.2, 0.25) is 0 Å². The highest BCUT2D eigenvalue weighted by atomic mass is 16.5. The van der Waals surface area contributed by atoms with Crippen LogP contribution in [0.25, 0.3) is 44.5 Å². The van der Waals surface area contributed by atoms with E-state index in [1.807, 2.05) is 0 Å². The first-order valence-corrected chi connectivity index (χ1v) is 18.2. The first kappa shape index (κ1) is 29.3. The van der Waals surface area contributed by atoms with Gasteiger partial charge in [-0.1, -0.05) is 164 Å². The van der Waals surface area contributed by atoms with Crippen molar-refractivity contribution in [3.63, 3.8) is 0 Å². The van der Waals surface area contributed by atoms with Crippen LogP contribution in [0, 0.1) is 0 Å². The van der Waals surface area contributed by atoms with Crippen molar-refractivity contribution in [3.8, 4) is 56.0 Å². The van der Waals surface area contributed by atoms with E-state index in [0.29, 0.717) is 0 Å². The van der Waals surface area contributed by atoms with E-state index >= 15 is 0 Å². The van der Waals surface area contributed by atoms with Crippen LogP contribution in [0.3, 0.4) is 0 Å². The van der Waals surface area contributed by atoms with Gasteiger partial charge in [0.25, 0.3) is 0 Å². The Morgan fingerprint density at radius 3 is 1.42 bits per heavy atom. The Hall–Kier alpha value is -6.44. The van der Waals surface area contributed by atoms with Gasteiger partial charge in [0.05, 0.1) is 5.41 Å². The Kier molecular flexibility index (Phi) is 6.08. The van der Waals surface area contributed by atoms with Crippen molar-refractivity contribution in [1.82, 2.24) is 0 Å². The van der Waals surface area contributed by atoms with Gasteiger partial charge in [0.1, 0.15) is 11.5 Å². The predicted molar refractivity (Wildman–Crippen MR) is 212 cm³/mol. The van der Waals surface area contributed by atoms with Crippen molar-refractivity contribution in [3.05, 3.63) is 227 Å². The number of para-hydroxylation sites is 1. The zero-order valence-corrected chi connectivity index (χ0v) is 28.8. The lowest BCUT2D eigenvalue weighted by atomic mass is 9.65. The van der Waals surface area contributed by atoms with Gasteiger partial charge in [0.15, 0.2) is 0 Å². The summed E-state index contributed by atoms with van der Waals surface area (Å²) in [6.45, 7) is 2.39. The molecule has 0 amide bonds. The molecular formula is C51H34O. The maximum Gasteiger partial charge on any atom is 0.132 e. The second kappa shape index (κ2) is 10.8. The first-order chi connectivity index (χ1) is 25.7. The van der Waals surface area contributed by atoms with Crippen molar-refractivity contribution in [2.75, 3.05) is 0 Å². The number of hydrogen-bond acceptors (Lipinski definition) is 1. The van der Waals surface area contributed by atoms with Gasteiger partial charge < -0.3 is 4.74 Å². The molecule has 244 valence electrons. The van der Waals surface area contributed by atoms with Gasteiger partial charge in [-0.15, -0.1) is 0 Å². The summed E-state index contributed by atoms with van der Waals surface area (Å²) in [5.74, 6) is 1.82. The second-order valence-corrected chi connectivity index (χ2v) is 14.5. The third-order valence-electron chi connectivity index (χ3n) is 12.1. The van der Waals surface area contributed by atoms with Crippen LogP contribution in [-0.4, -0.2) is 0 Å². The van der Waals surface area contributed by atoms with E-state index in [2.05, 4.69) is 195 Å². The molecule has 0 aromatic heterocycles. The van der Waals surface area contributed by atoms with Crippen LogP contribution < -0.4 is 4.74 Å². The average Bonchev–Trinajstić information content (AvgIpc) is 3.66. The molecule has 8 aromatic rings. The van der Waals surface area contributed by atoms with Crippen LogP contribution in [0.2, 0.25) is 0 Å². The topological polar surface area (TPSA) is 9.23 Å². The molecule has 11 rings (SSSR count). The monoisotopic (exact) mass is 662 g/mol. The molecular weight excluding hydrogens is 629 g/mol. The number of rotatable bonds is 3. The molecule has 0 bridgehead atoms. The lowest BCUT2D eigenvalue weighted by molar-refractivity contribution is 0.436. The van der Waals surface area contributed by atoms with E-state index in [-0.39, 0.29) is 5.41 Å². The molecule has 1 spiro atoms. The Morgan fingerprint density at radius 1 is 0.327 bits per heavy atom. The molecule has 0 N–H and O–H groups in total. The summed E-state index contributed by atoms with van der Waals surface area (Å²) in [6, 6.07) is 69.1. The summed E-state index contributed by atoms with van der Waals surface area (Å²) >= 11 is 0. The van der Waals surface area contributed by atoms with Crippen LogP contribution in [0.1, 0.15) is 45.9 Å². The highest BCUT2D eigenvalue weighted by molar-refractivity contribution is 5.92. The quantitative estimate of drug-likeness (QED) is 0.183. The van der Waals surface area contributed by atoms with Crippen LogP contribution in [-0.2, 0) is 10.8 Å². The molecule has 0 fully saturated rings. The number of ether oxygens (including phenoxy) is 1. The maximum atomic E-state index is 6.75. The Morgan fingerprint density at radius 2 is 0.769 bits per heavy atom. The van der Waals surface area contributed by atoms with Gasteiger partial charge >= 0.3 is 0 Å². The molecule has 0 saturated carbocycles. The highest BCUT2D eigenvalue weighted by Crippen LogP contribution is 2.62. The van der Waals surface area contributed by atoms with Gasteiger partial charge in [-0.3, -0.25) is 0 Å². The van der Waals surface area contributed by atoms with Crippen molar-refractivity contribution >= 4 is 0 Å².